The molecule has 1 atom stereocenters. The van der Waals surface area contributed by atoms with Crippen LogP contribution in [0.15, 0.2) is 72.4 Å². The minimum atomic E-state index is -0.918. The van der Waals surface area contributed by atoms with Crippen LogP contribution in [-0.4, -0.2) is 28.4 Å². The number of ether oxygens (including phenoxy) is 1. The summed E-state index contributed by atoms with van der Waals surface area (Å²) in [6.07, 6.45) is 1.58. The lowest BCUT2D eigenvalue weighted by atomic mass is 9.98. The summed E-state index contributed by atoms with van der Waals surface area (Å²) in [5.41, 5.74) is 1.93. The Labute approximate surface area is 203 Å². The number of anilines is 1. The van der Waals surface area contributed by atoms with Crippen LogP contribution in [0.4, 0.5) is 5.69 Å². The van der Waals surface area contributed by atoms with Crippen molar-refractivity contribution in [2.24, 2.45) is 5.92 Å². The number of pyridine rings is 1. The van der Waals surface area contributed by atoms with Crippen molar-refractivity contribution in [1.29, 1.82) is 0 Å². The summed E-state index contributed by atoms with van der Waals surface area (Å²) in [5.74, 6) is -0.943. The Morgan fingerprint density at radius 3 is 2.59 bits per heavy atom. The van der Waals surface area contributed by atoms with Gasteiger partial charge in [-0.05, 0) is 54.8 Å². The SMILES string of the molecule is Cc1c(Cl)cccc1N1C(=O)C(=O)/C(=C(/O)c2cccc(OCC(C)C)c2)C1c1ccccn1. The number of rotatable bonds is 6. The van der Waals surface area contributed by atoms with Crippen LogP contribution in [0.3, 0.4) is 0 Å². The fraction of sp³-hybridized carbons (Fsp3) is 0.222. The lowest BCUT2D eigenvalue weighted by Gasteiger charge is -2.26. The molecule has 174 valence electrons. The van der Waals surface area contributed by atoms with Gasteiger partial charge in [0.15, 0.2) is 0 Å². The molecule has 1 N–H and O–H groups in total. The second-order valence-electron chi connectivity index (χ2n) is 8.54. The van der Waals surface area contributed by atoms with Gasteiger partial charge in [-0.3, -0.25) is 19.5 Å². The molecule has 2 heterocycles. The van der Waals surface area contributed by atoms with Crippen LogP contribution in [-0.2, 0) is 9.59 Å². The molecule has 1 aromatic heterocycles. The van der Waals surface area contributed by atoms with Crippen molar-refractivity contribution < 1.29 is 19.4 Å². The minimum Gasteiger partial charge on any atom is -0.507 e. The zero-order chi connectivity index (χ0) is 24.4. The van der Waals surface area contributed by atoms with Crippen molar-refractivity contribution in [2.45, 2.75) is 26.8 Å². The van der Waals surface area contributed by atoms with Crippen LogP contribution in [0, 0.1) is 12.8 Å². The van der Waals surface area contributed by atoms with E-state index in [1.165, 1.54) is 4.90 Å². The summed E-state index contributed by atoms with van der Waals surface area (Å²) in [4.78, 5) is 32.3. The molecule has 1 aliphatic rings. The van der Waals surface area contributed by atoms with E-state index in [0.29, 0.717) is 45.8 Å². The largest absolute Gasteiger partial charge is 0.507 e. The number of carbonyl (C=O) groups is 2. The van der Waals surface area contributed by atoms with Gasteiger partial charge in [0, 0.05) is 22.5 Å². The van der Waals surface area contributed by atoms with E-state index < -0.39 is 17.7 Å². The number of benzene rings is 2. The van der Waals surface area contributed by atoms with E-state index in [0.717, 1.165) is 0 Å². The van der Waals surface area contributed by atoms with Gasteiger partial charge in [0.05, 0.1) is 17.9 Å². The molecule has 0 spiro atoms. The third kappa shape index (κ3) is 4.41. The molecule has 7 heteroatoms. The van der Waals surface area contributed by atoms with E-state index in [1.807, 2.05) is 13.8 Å². The molecule has 34 heavy (non-hydrogen) atoms. The molecule has 0 radical (unpaired) electrons. The van der Waals surface area contributed by atoms with Gasteiger partial charge in [0.2, 0.25) is 0 Å². The molecule has 1 aliphatic heterocycles. The van der Waals surface area contributed by atoms with E-state index in [1.54, 1.807) is 73.8 Å². The number of aliphatic hydroxyl groups excluding tert-OH is 1. The van der Waals surface area contributed by atoms with Crippen LogP contribution in [0.25, 0.3) is 5.76 Å². The molecular formula is C27H25ClN2O4. The average Bonchev–Trinajstić information content (AvgIpc) is 3.10. The first-order valence-corrected chi connectivity index (χ1v) is 11.4. The zero-order valence-electron chi connectivity index (χ0n) is 19.2. The van der Waals surface area contributed by atoms with Gasteiger partial charge in [-0.15, -0.1) is 0 Å². The predicted octanol–water partition coefficient (Wildman–Crippen LogP) is 5.70. The summed E-state index contributed by atoms with van der Waals surface area (Å²) in [6.45, 7) is 6.37. The molecule has 1 fully saturated rings. The first kappa shape index (κ1) is 23.5. The number of nitrogens with zero attached hydrogens (tertiary/aromatic N) is 2. The third-order valence-electron chi connectivity index (χ3n) is 5.60. The van der Waals surface area contributed by atoms with Gasteiger partial charge in [-0.2, -0.15) is 0 Å². The van der Waals surface area contributed by atoms with Gasteiger partial charge < -0.3 is 9.84 Å². The maximum absolute atomic E-state index is 13.3. The average molecular weight is 477 g/mol. The third-order valence-corrected chi connectivity index (χ3v) is 6.01. The highest BCUT2D eigenvalue weighted by atomic mass is 35.5. The number of Topliss-reactive ketones (excluding diaryl/α,β-unsaturated/α-hetero) is 1. The Morgan fingerprint density at radius 1 is 1.12 bits per heavy atom. The first-order chi connectivity index (χ1) is 16.3. The number of hydrogen-bond donors (Lipinski definition) is 1. The van der Waals surface area contributed by atoms with Crippen molar-refractivity contribution in [2.75, 3.05) is 11.5 Å². The van der Waals surface area contributed by atoms with Crippen LogP contribution >= 0.6 is 11.6 Å². The molecule has 0 aliphatic carbocycles. The van der Waals surface area contributed by atoms with Gasteiger partial charge in [0.25, 0.3) is 11.7 Å². The normalized spacial score (nSPS) is 17.4. The molecule has 1 amide bonds. The van der Waals surface area contributed by atoms with E-state index in [2.05, 4.69) is 4.98 Å². The molecule has 4 rings (SSSR count). The van der Waals surface area contributed by atoms with E-state index in [-0.39, 0.29) is 11.3 Å². The lowest BCUT2D eigenvalue weighted by molar-refractivity contribution is -0.132. The van der Waals surface area contributed by atoms with Crippen LogP contribution in [0.1, 0.15) is 36.7 Å². The second-order valence-corrected chi connectivity index (χ2v) is 8.95. The van der Waals surface area contributed by atoms with Gasteiger partial charge in [0.1, 0.15) is 17.6 Å². The monoisotopic (exact) mass is 476 g/mol. The van der Waals surface area contributed by atoms with Crippen molar-refractivity contribution in [3.8, 4) is 5.75 Å². The fourth-order valence-corrected chi connectivity index (χ4v) is 4.08. The number of ketones is 1. The molecule has 2 aromatic carbocycles. The Hall–Kier alpha value is -3.64. The van der Waals surface area contributed by atoms with Gasteiger partial charge in [-0.1, -0.05) is 49.7 Å². The summed E-state index contributed by atoms with van der Waals surface area (Å²) >= 11 is 6.32. The molecule has 3 aromatic rings. The summed E-state index contributed by atoms with van der Waals surface area (Å²) < 4.78 is 5.78. The van der Waals surface area contributed by atoms with Crippen molar-refractivity contribution in [3.63, 3.8) is 0 Å². The quantitative estimate of drug-likeness (QED) is 0.280. The van der Waals surface area contributed by atoms with Crippen LogP contribution in [0.5, 0.6) is 5.75 Å². The van der Waals surface area contributed by atoms with E-state index in [9.17, 15) is 14.7 Å². The number of carbonyl (C=O) groups excluding carboxylic acids is 2. The van der Waals surface area contributed by atoms with E-state index in [4.69, 9.17) is 16.3 Å². The topological polar surface area (TPSA) is 79.7 Å². The van der Waals surface area contributed by atoms with Crippen molar-refractivity contribution in [3.05, 3.63) is 94.3 Å². The zero-order valence-corrected chi connectivity index (χ0v) is 19.9. The molecule has 6 nitrogen and oxygen atoms in total. The highest BCUT2D eigenvalue weighted by Gasteiger charge is 2.48. The highest BCUT2D eigenvalue weighted by molar-refractivity contribution is 6.52. The van der Waals surface area contributed by atoms with Crippen molar-refractivity contribution >= 4 is 34.7 Å². The van der Waals surface area contributed by atoms with Gasteiger partial charge in [-0.25, -0.2) is 0 Å². The second kappa shape index (κ2) is 9.69. The Balaban J connectivity index is 1.88. The van der Waals surface area contributed by atoms with Crippen LogP contribution < -0.4 is 9.64 Å². The summed E-state index contributed by atoms with van der Waals surface area (Å²) in [7, 11) is 0. The lowest BCUT2D eigenvalue weighted by Crippen LogP contribution is -2.30. The molecular weight excluding hydrogens is 452 g/mol. The smallest absolute Gasteiger partial charge is 0.300 e. The molecule has 0 saturated carbocycles. The molecule has 1 saturated heterocycles. The van der Waals surface area contributed by atoms with Crippen molar-refractivity contribution in [1.82, 2.24) is 4.98 Å². The maximum Gasteiger partial charge on any atom is 0.300 e. The minimum absolute atomic E-state index is 0.0379. The fourth-order valence-electron chi connectivity index (χ4n) is 3.91. The Kier molecular flexibility index (Phi) is 6.70. The van der Waals surface area contributed by atoms with Crippen LogP contribution in [0.2, 0.25) is 5.02 Å². The standard InChI is InChI=1S/C27H25ClN2O4/c1-16(2)15-34-19-9-6-8-18(14-19)25(31)23-24(21-11-4-5-13-29-21)30(27(33)26(23)32)22-12-7-10-20(28)17(22)3/h4-14,16,24,31H,15H2,1-3H3/b25-23+. The molecule has 1 unspecified atom stereocenters. The summed E-state index contributed by atoms with van der Waals surface area (Å²) in [6, 6.07) is 16.3. The van der Waals surface area contributed by atoms with Gasteiger partial charge >= 0.3 is 0 Å². The maximum atomic E-state index is 13.3. The predicted molar refractivity (Wildman–Crippen MR) is 132 cm³/mol. The highest BCUT2D eigenvalue weighted by Crippen LogP contribution is 2.43. The number of hydrogen-bond acceptors (Lipinski definition) is 5. The number of aliphatic hydroxyl groups is 1. The van der Waals surface area contributed by atoms with E-state index >= 15 is 0 Å². The first-order valence-electron chi connectivity index (χ1n) is 11.0. The number of aromatic nitrogens is 1. The molecule has 0 bridgehead atoms. The number of amides is 1. The Morgan fingerprint density at radius 2 is 1.88 bits per heavy atom. The Bertz CT molecular complexity index is 1270. The number of halogens is 1. The summed E-state index contributed by atoms with van der Waals surface area (Å²) in [5, 5.41) is 11.8.